The van der Waals surface area contributed by atoms with E-state index >= 15 is 0 Å². The van der Waals surface area contributed by atoms with Crippen molar-refractivity contribution in [3.8, 4) is 0 Å². The second-order valence-electron chi connectivity index (χ2n) is 4.89. The molecule has 0 aliphatic carbocycles. The molecule has 0 aromatic rings. The molecule has 0 unspecified atom stereocenters. The molecule has 0 rings (SSSR count). The van der Waals surface area contributed by atoms with Gasteiger partial charge < -0.3 is 4.90 Å². The fourth-order valence-corrected chi connectivity index (χ4v) is 2.39. The first kappa shape index (κ1) is 15.0. The van der Waals surface area contributed by atoms with Gasteiger partial charge in [-0.15, -0.1) is 0 Å². The van der Waals surface area contributed by atoms with Crippen LogP contribution in [-0.2, 0) is 0 Å². The second-order valence-corrected chi connectivity index (χ2v) is 4.89. The second kappa shape index (κ2) is 10.5. The van der Waals surface area contributed by atoms with Crippen LogP contribution >= 0.6 is 0 Å². The van der Waals surface area contributed by atoms with Crippen LogP contribution in [0.25, 0.3) is 0 Å². The maximum absolute atomic E-state index is 2.47. The lowest BCUT2D eigenvalue weighted by Gasteiger charge is -2.19. The average Bonchev–Trinajstić information content (AvgIpc) is 2.19. The van der Waals surface area contributed by atoms with Crippen molar-refractivity contribution in [2.75, 3.05) is 20.1 Å². The first-order valence-electron chi connectivity index (χ1n) is 6.93. The van der Waals surface area contributed by atoms with E-state index in [4.69, 9.17) is 0 Å². The van der Waals surface area contributed by atoms with E-state index in [9.17, 15) is 0 Å². The van der Waals surface area contributed by atoms with E-state index in [-0.39, 0.29) is 0 Å². The van der Waals surface area contributed by atoms with E-state index < -0.39 is 0 Å². The van der Waals surface area contributed by atoms with E-state index in [1.807, 2.05) is 0 Å². The molecule has 0 aliphatic rings. The molecule has 0 aliphatic heterocycles. The summed E-state index contributed by atoms with van der Waals surface area (Å²) in [6, 6.07) is 0. The van der Waals surface area contributed by atoms with Crippen LogP contribution < -0.4 is 0 Å². The zero-order chi connectivity index (χ0) is 11.5. The van der Waals surface area contributed by atoms with Crippen LogP contribution in [0.4, 0.5) is 0 Å². The van der Waals surface area contributed by atoms with Crippen LogP contribution in [0.15, 0.2) is 0 Å². The summed E-state index contributed by atoms with van der Waals surface area (Å²) in [6.07, 6.45) is 9.70. The molecule has 0 amide bonds. The van der Waals surface area contributed by atoms with Gasteiger partial charge in [-0.05, 0) is 45.3 Å². The Morgan fingerprint density at radius 3 is 1.87 bits per heavy atom. The van der Waals surface area contributed by atoms with Gasteiger partial charge in [0.05, 0.1) is 0 Å². The number of nitrogens with zero attached hydrogens (tertiary/aromatic N) is 1. The molecule has 0 saturated heterocycles. The Balaban J connectivity index is 3.51. The van der Waals surface area contributed by atoms with Crippen molar-refractivity contribution >= 4 is 0 Å². The van der Waals surface area contributed by atoms with Crippen molar-refractivity contribution in [1.82, 2.24) is 4.90 Å². The maximum Gasteiger partial charge on any atom is -0.00217 e. The van der Waals surface area contributed by atoms with Gasteiger partial charge in [0.25, 0.3) is 0 Å². The number of hydrogen-bond acceptors (Lipinski definition) is 1. The maximum atomic E-state index is 2.47. The predicted octanol–water partition coefficient (Wildman–Crippen LogP) is 4.32. The normalized spacial score (nSPS) is 11.6. The topological polar surface area (TPSA) is 3.24 Å². The Morgan fingerprint density at radius 1 is 0.800 bits per heavy atom. The Kier molecular flexibility index (Phi) is 10.4. The first-order chi connectivity index (χ1) is 7.24. The van der Waals surface area contributed by atoms with Gasteiger partial charge >= 0.3 is 0 Å². The monoisotopic (exact) mass is 213 g/mol. The fourth-order valence-electron chi connectivity index (χ4n) is 2.39. The third kappa shape index (κ3) is 8.92. The lowest BCUT2D eigenvalue weighted by Crippen LogP contribution is -2.21. The Morgan fingerprint density at radius 2 is 1.40 bits per heavy atom. The third-order valence-corrected chi connectivity index (χ3v) is 3.15. The highest BCUT2D eigenvalue weighted by Crippen LogP contribution is 2.19. The SMILES string of the molecule is CCCC(CCC)CCCN(C)CCC. The van der Waals surface area contributed by atoms with E-state index in [2.05, 4.69) is 32.7 Å². The first-order valence-corrected chi connectivity index (χ1v) is 6.93. The summed E-state index contributed by atoms with van der Waals surface area (Å²) < 4.78 is 0. The van der Waals surface area contributed by atoms with Crippen molar-refractivity contribution in [2.24, 2.45) is 5.92 Å². The molecule has 0 aromatic carbocycles. The number of rotatable bonds is 10. The van der Waals surface area contributed by atoms with Crippen molar-refractivity contribution in [3.05, 3.63) is 0 Å². The quantitative estimate of drug-likeness (QED) is 0.522. The zero-order valence-electron chi connectivity index (χ0n) is 11.4. The summed E-state index contributed by atoms with van der Waals surface area (Å²) in [6.45, 7) is 9.43. The molecular weight excluding hydrogens is 182 g/mol. The smallest absolute Gasteiger partial charge is 0.00217 e. The molecule has 1 nitrogen and oxygen atoms in total. The van der Waals surface area contributed by atoms with Gasteiger partial charge in [-0.2, -0.15) is 0 Å². The van der Waals surface area contributed by atoms with Crippen molar-refractivity contribution in [3.63, 3.8) is 0 Å². The van der Waals surface area contributed by atoms with Gasteiger partial charge in [0.2, 0.25) is 0 Å². The number of hydrogen-bond donors (Lipinski definition) is 0. The lowest BCUT2D eigenvalue weighted by atomic mass is 9.93. The van der Waals surface area contributed by atoms with E-state index in [0.29, 0.717) is 0 Å². The predicted molar refractivity (Wildman–Crippen MR) is 70.3 cm³/mol. The summed E-state index contributed by atoms with van der Waals surface area (Å²) in [4.78, 5) is 2.47. The highest BCUT2D eigenvalue weighted by molar-refractivity contribution is 4.60. The minimum absolute atomic E-state index is 0.995. The molecule has 0 heterocycles. The van der Waals surface area contributed by atoms with Gasteiger partial charge in [-0.1, -0.05) is 46.5 Å². The molecule has 0 bridgehead atoms. The van der Waals surface area contributed by atoms with Crippen LogP contribution in [-0.4, -0.2) is 25.0 Å². The van der Waals surface area contributed by atoms with Gasteiger partial charge in [0, 0.05) is 0 Å². The molecule has 0 spiro atoms. The highest BCUT2D eigenvalue weighted by atomic mass is 15.1. The fraction of sp³-hybridized carbons (Fsp3) is 1.00. The molecule has 1 heteroatoms. The molecule has 0 N–H and O–H groups in total. The molecular formula is C14H31N. The molecule has 0 atom stereocenters. The van der Waals surface area contributed by atoms with Crippen LogP contribution in [0.3, 0.4) is 0 Å². The molecule has 0 fully saturated rings. The molecule has 92 valence electrons. The van der Waals surface area contributed by atoms with Gasteiger partial charge in [0.15, 0.2) is 0 Å². The van der Waals surface area contributed by atoms with Crippen LogP contribution in [0.2, 0.25) is 0 Å². The largest absolute Gasteiger partial charge is 0.306 e. The molecule has 15 heavy (non-hydrogen) atoms. The summed E-state index contributed by atoms with van der Waals surface area (Å²) in [5, 5.41) is 0. The van der Waals surface area contributed by atoms with Gasteiger partial charge in [-0.25, -0.2) is 0 Å². The average molecular weight is 213 g/mol. The van der Waals surface area contributed by atoms with Crippen molar-refractivity contribution < 1.29 is 0 Å². The van der Waals surface area contributed by atoms with Crippen molar-refractivity contribution in [1.29, 1.82) is 0 Å². The molecule has 0 aromatic heterocycles. The summed E-state index contributed by atoms with van der Waals surface area (Å²) in [5.74, 6) is 0.995. The van der Waals surface area contributed by atoms with Crippen LogP contribution in [0.1, 0.15) is 65.7 Å². The summed E-state index contributed by atoms with van der Waals surface area (Å²) in [5.41, 5.74) is 0. The van der Waals surface area contributed by atoms with E-state index in [1.165, 1.54) is 58.0 Å². The summed E-state index contributed by atoms with van der Waals surface area (Å²) >= 11 is 0. The lowest BCUT2D eigenvalue weighted by molar-refractivity contribution is 0.303. The van der Waals surface area contributed by atoms with Gasteiger partial charge in [0.1, 0.15) is 0 Å². The van der Waals surface area contributed by atoms with E-state index in [0.717, 1.165) is 5.92 Å². The third-order valence-electron chi connectivity index (χ3n) is 3.15. The van der Waals surface area contributed by atoms with Crippen molar-refractivity contribution in [2.45, 2.75) is 65.7 Å². The Labute approximate surface area is 97.2 Å². The standard InChI is InChI=1S/C14H31N/c1-5-9-14(10-6-2)11-8-13-15(4)12-7-3/h14H,5-13H2,1-4H3. The molecule has 0 radical (unpaired) electrons. The molecule has 0 saturated carbocycles. The Hall–Kier alpha value is -0.0400. The van der Waals surface area contributed by atoms with Gasteiger partial charge in [-0.3, -0.25) is 0 Å². The Bertz CT molecular complexity index is 117. The van der Waals surface area contributed by atoms with E-state index in [1.54, 1.807) is 0 Å². The minimum Gasteiger partial charge on any atom is -0.306 e. The highest BCUT2D eigenvalue weighted by Gasteiger charge is 2.06. The van der Waals surface area contributed by atoms with Crippen LogP contribution in [0, 0.1) is 5.92 Å². The minimum atomic E-state index is 0.995. The zero-order valence-corrected chi connectivity index (χ0v) is 11.4. The van der Waals surface area contributed by atoms with Crippen LogP contribution in [0.5, 0.6) is 0 Å². The summed E-state index contributed by atoms with van der Waals surface area (Å²) in [7, 11) is 2.25.